The molecule has 0 aromatic heterocycles. The molecule has 16 rings (SSSR count). The Bertz CT molecular complexity index is 6510. The third-order valence-electron chi connectivity index (χ3n) is 21.8. The Kier molecular flexibility index (Phi) is 25.8. The zero-order chi connectivity index (χ0) is 83.6. The molecule has 0 fully saturated rings. The Hall–Kier alpha value is -13.1. The highest BCUT2D eigenvalue weighted by atomic mass is 16.2. The molecule has 24 heteroatoms. The van der Waals surface area contributed by atoms with Crippen molar-refractivity contribution in [1.82, 2.24) is 78.1 Å². The molecular weight excluding hydrogens is 1480 g/mol. The van der Waals surface area contributed by atoms with Crippen molar-refractivity contribution >= 4 is 44.1 Å². The van der Waals surface area contributed by atoms with E-state index in [-0.39, 0.29) is 22.8 Å². The van der Waals surface area contributed by atoms with E-state index in [1.54, 1.807) is 0 Å². The summed E-state index contributed by atoms with van der Waals surface area (Å²) in [5, 5.41) is 0. The number of fused-ring (bicyclic) bond motifs is 8. The highest BCUT2D eigenvalue weighted by Gasteiger charge is 2.25. The van der Waals surface area contributed by atoms with Crippen molar-refractivity contribution in [3.05, 3.63) is 318 Å². The fraction of sp³-hybridized carbons (Fsp3) is 0.319. The van der Waals surface area contributed by atoms with Crippen LogP contribution in [0.5, 0.6) is 0 Å². The average Bonchev–Trinajstić information content (AvgIpc) is 0.770. The van der Waals surface area contributed by atoms with Gasteiger partial charge in [-0.3, -0.25) is 39.1 Å². The van der Waals surface area contributed by atoms with Gasteiger partial charge in [0.1, 0.15) is 0 Å². The van der Waals surface area contributed by atoms with Gasteiger partial charge in [0, 0.05) is 26.2 Å². The van der Waals surface area contributed by atoms with Crippen molar-refractivity contribution in [2.24, 2.45) is 0 Å². The summed E-state index contributed by atoms with van der Waals surface area (Å²) >= 11 is 0. The lowest BCUT2D eigenvalue weighted by molar-refractivity contribution is 0.648. The second kappa shape index (κ2) is 36.8. The van der Waals surface area contributed by atoms with Gasteiger partial charge < -0.3 is 18.3 Å². The van der Waals surface area contributed by atoms with Crippen molar-refractivity contribution in [3.8, 4) is 46.1 Å². The minimum Gasteiger partial charge on any atom is -0.322 e. The van der Waals surface area contributed by atoms with Crippen LogP contribution in [0.3, 0.4) is 0 Å². The quantitative estimate of drug-likeness (QED) is 0.0458. The summed E-state index contributed by atoms with van der Waals surface area (Å²) in [4.78, 5) is 141. The minimum absolute atomic E-state index is 0.202. The smallest absolute Gasteiger partial charge is 0.322 e. The predicted molar refractivity (Wildman–Crippen MR) is 468 cm³/mol. The van der Waals surface area contributed by atoms with Crippen molar-refractivity contribution in [1.29, 1.82) is 0 Å². The first kappa shape index (κ1) is 82.8. The summed E-state index contributed by atoms with van der Waals surface area (Å²) in [6, 6.07) is 52.6. The number of aryl methyl sites for hydroxylation is 18. The van der Waals surface area contributed by atoms with Crippen LogP contribution < -0.4 is 45.0 Å². The van der Waals surface area contributed by atoms with Crippen LogP contribution in [0.1, 0.15) is 163 Å². The molecule has 8 aromatic carbocycles. The van der Waals surface area contributed by atoms with Crippen molar-refractivity contribution in [2.75, 3.05) is 0 Å². The number of aromatic amines is 4. The van der Waals surface area contributed by atoms with E-state index in [2.05, 4.69) is 264 Å². The standard InChI is InChI=1S/2C24H26N4O2.2C23H24N4O2/c2*1-4-6-18-14-20-19(13-16(18)3)25-21-22(26-24(30)27-23(21)29)28(20)12-5-7-17-10-8-15(2)9-11-17;1-14(2)17-10-11-19-18(13-17)24-20-21(25-23(29)26-22(20)28)27(19)12-4-5-16-8-6-15(3)7-9-16;1-4-17-13-18-19(12-15(17)3)27(11-5-6-16-9-7-14(2)8-10-16)21-20(24-18)22(28)26-23(29)25-21/h2*8-11,13-14H,4-7,12H2,1-3H3,(H,27,29,30);6-11,13-14H,4-5,12H2,1-3H3,(H,26,28,29);7-10,12-13H,4-6,11H2,1-3H3,(H,26,28,29). The minimum atomic E-state index is -0.644. The fourth-order valence-electron chi connectivity index (χ4n) is 15.3. The number of benzene rings is 8. The van der Waals surface area contributed by atoms with E-state index in [1.807, 2.05) is 48.6 Å². The van der Waals surface area contributed by atoms with Gasteiger partial charge in [-0.25, -0.2) is 39.1 Å². The third-order valence-corrected chi connectivity index (χ3v) is 21.8. The Morgan fingerprint density at radius 2 is 0.576 bits per heavy atom. The molecule has 118 heavy (non-hydrogen) atoms. The number of nitrogens with one attached hydrogen (secondary N) is 4. The summed E-state index contributed by atoms with van der Waals surface area (Å²) in [6.07, 6.45) is 12.0. The molecule has 0 saturated heterocycles. The summed E-state index contributed by atoms with van der Waals surface area (Å²) < 4.78 is 7.89. The molecule has 0 radical (unpaired) electrons. The molecule has 4 N–H and O–H groups in total. The molecule has 0 spiro atoms. The molecule has 8 heterocycles. The van der Waals surface area contributed by atoms with Crippen LogP contribution in [-0.4, -0.2) is 78.1 Å². The van der Waals surface area contributed by atoms with Gasteiger partial charge in [-0.1, -0.05) is 173 Å². The molecule has 8 aliphatic rings. The number of H-pyrrole nitrogens is 4. The number of hydrogen-bond acceptors (Lipinski definition) is 16. The number of rotatable bonds is 22. The molecule has 0 amide bonds. The maximum Gasteiger partial charge on any atom is 0.349 e. The summed E-state index contributed by atoms with van der Waals surface area (Å²) in [5.74, 6) is 1.75. The van der Waals surface area contributed by atoms with Gasteiger partial charge in [-0.05, 0) is 235 Å². The van der Waals surface area contributed by atoms with Crippen LogP contribution >= 0.6 is 0 Å². The predicted octanol–water partition coefficient (Wildman–Crippen LogP) is 14.6. The largest absolute Gasteiger partial charge is 0.349 e. The second-order valence-corrected chi connectivity index (χ2v) is 31.1. The van der Waals surface area contributed by atoms with Gasteiger partial charge in [0.15, 0.2) is 46.1 Å². The Morgan fingerprint density at radius 1 is 0.297 bits per heavy atom. The number of aromatic nitrogens is 16. The summed E-state index contributed by atoms with van der Waals surface area (Å²) in [5.41, 5.74) is 21.2. The van der Waals surface area contributed by atoms with Crippen LogP contribution in [0.15, 0.2) is 190 Å². The lowest BCUT2D eigenvalue weighted by atomic mass is 10.0. The summed E-state index contributed by atoms with van der Waals surface area (Å²) in [6.45, 7) is 27.7. The van der Waals surface area contributed by atoms with Gasteiger partial charge in [-0.15, -0.1) is 0 Å². The van der Waals surface area contributed by atoms with Gasteiger partial charge >= 0.3 is 22.8 Å². The van der Waals surface area contributed by atoms with Crippen LogP contribution in [0.4, 0.5) is 0 Å². The Balaban J connectivity index is 0.000000136. The van der Waals surface area contributed by atoms with E-state index in [0.29, 0.717) is 55.4 Å². The fourth-order valence-corrected chi connectivity index (χ4v) is 15.3. The molecule has 0 unspecified atom stereocenters. The first-order valence-electron chi connectivity index (χ1n) is 40.8. The molecule has 24 nitrogen and oxygen atoms in total. The first-order valence-corrected chi connectivity index (χ1v) is 40.8. The average molecular weight is 1580 g/mol. The third kappa shape index (κ3) is 19.2. The maximum absolute atomic E-state index is 12.4. The highest BCUT2D eigenvalue weighted by Crippen LogP contribution is 2.31. The van der Waals surface area contributed by atoms with Gasteiger partial charge in [0.05, 0.1) is 44.1 Å². The second-order valence-electron chi connectivity index (χ2n) is 31.1. The number of hydrogen-bond donors (Lipinski definition) is 4. The van der Waals surface area contributed by atoms with Gasteiger partial charge in [0.2, 0.25) is 0 Å². The van der Waals surface area contributed by atoms with Crippen LogP contribution in [0.2, 0.25) is 0 Å². The van der Waals surface area contributed by atoms with Crippen LogP contribution in [-0.2, 0) is 71.1 Å². The monoisotopic (exact) mass is 1580 g/mol. The Labute approximate surface area is 681 Å². The molecule has 8 aliphatic heterocycles. The van der Waals surface area contributed by atoms with E-state index < -0.39 is 45.0 Å². The van der Waals surface area contributed by atoms with Gasteiger partial charge in [-0.2, -0.15) is 19.9 Å². The van der Waals surface area contributed by atoms with E-state index in [1.165, 1.54) is 66.8 Å². The van der Waals surface area contributed by atoms with Gasteiger partial charge in [0.25, 0.3) is 22.2 Å². The van der Waals surface area contributed by atoms with Crippen molar-refractivity contribution < 1.29 is 0 Å². The zero-order valence-electron chi connectivity index (χ0n) is 69.2. The maximum atomic E-state index is 12.4. The van der Waals surface area contributed by atoms with Crippen molar-refractivity contribution in [2.45, 2.75) is 199 Å². The Morgan fingerprint density at radius 3 is 0.873 bits per heavy atom. The highest BCUT2D eigenvalue weighted by molar-refractivity contribution is 5.84. The van der Waals surface area contributed by atoms with Crippen LogP contribution in [0.25, 0.3) is 90.2 Å². The zero-order valence-corrected chi connectivity index (χ0v) is 69.2. The van der Waals surface area contributed by atoms with E-state index >= 15 is 0 Å². The SMILES string of the molecule is CCCc1cc2c(cc1C)nc1c(=O)[nH]c(=O)nc-1n2CCCc1ccc(C)cc1.CCCc1cc2c(cc1C)nc1c(=O)[nH]c(=O)nc-1n2CCCc1ccc(C)cc1.CCc1cc2nc3c(=O)[nH]c(=O)nc-3n(CCCc3ccc(C)cc3)c2cc1C.Cc1ccc(CCCn2c3nc(=O)[nH]c(=O)c-3nc3cc(C(C)C)ccc32)cc1. The molecule has 604 valence electrons. The molecule has 0 saturated carbocycles. The first-order chi connectivity index (χ1) is 56.8. The molecular formula is C94H100N16O8. The van der Waals surface area contributed by atoms with E-state index in [0.717, 1.165) is 144 Å². The van der Waals surface area contributed by atoms with Crippen molar-refractivity contribution in [3.63, 3.8) is 0 Å². The lowest BCUT2D eigenvalue weighted by Crippen LogP contribution is -2.29. The molecule has 0 atom stereocenters. The normalized spacial score (nSPS) is 11.5. The summed E-state index contributed by atoms with van der Waals surface area (Å²) in [7, 11) is 0. The lowest BCUT2D eigenvalue weighted by Gasteiger charge is -2.18. The van der Waals surface area contributed by atoms with E-state index in [4.69, 9.17) is 0 Å². The van der Waals surface area contributed by atoms with E-state index in [9.17, 15) is 38.4 Å². The number of nitrogens with zero attached hydrogens (tertiary/aromatic N) is 12. The topological polar surface area (TPSA) is 323 Å². The molecule has 0 aliphatic carbocycles. The molecule has 8 aromatic rings. The van der Waals surface area contributed by atoms with Crippen LogP contribution in [0, 0.1) is 48.5 Å². The molecule has 0 bridgehead atoms.